The quantitative estimate of drug-likeness (QED) is 0.188. The predicted molar refractivity (Wildman–Crippen MR) is 203 cm³/mol. The number of fused-ring (bicyclic) bond motifs is 7. The average Bonchev–Trinajstić information content (AvgIpc) is 3.67. The maximum absolute atomic E-state index is 2.43. The van der Waals surface area contributed by atoms with Crippen LogP contribution in [0.2, 0.25) is 0 Å². The minimum absolute atomic E-state index is 1.17. The summed E-state index contributed by atoms with van der Waals surface area (Å²) in [5, 5.41) is 7.52. The molecule has 0 atom stereocenters. The fourth-order valence-electron chi connectivity index (χ4n) is 7.68. The molecule has 48 heavy (non-hydrogen) atoms. The van der Waals surface area contributed by atoms with Gasteiger partial charge in [0.05, 0.1) is 27.8 Å². The normalized spacial score (nSPS) is 11.8. The largest absolute Gasteiger partial charge is 0.309 e. The van der Waals surface area contributed by atoms with Crippen LogP contribution in [-0.4, -0.2) is 9.13 Å². The zero-order valence-electron chi connectivity index (χ0n) is 26.2. The van der Waals surface area contributed by atoms with Gasteiger partial charge in [-0.1, -0.05) is 121 Å². The van der Waals surface area contributed by atoms with Crippen LogP contribution in [0.15, 0.2) is 182 Å². The lowest BCUT2D eigenvalue weighted by atomic mass is 9.99. The summed E-state index contributed by atoms with van der Waals surface area (Å²) in [6, 6.07) is 66.2. The van der Waals surface area contributed by atoms with Crippen molar-refractivity contribution in [3.05, 3.63) is 182 Å². The second-order valence-corrected chi connectivity index (χ2v) is 12.6. The summed E-state index contributed by atoms with van der Waals surface area (Å²) < 4.78 is 4.82. The van der Waals surface area contributed by atoms with Crippen LogP contribution in [0.25, 0.3) is 88.0 Å². The van der Waals surface area contributed by atoms with Gasteiger partial charge in [0.25, 0.3) is 0 Å². The van der Waals surface area contributed by atoms with Crippen LogP contribution in [0.3, 0.4) is 0 Å². The van der Waals surface area contributed by atoms with Crippen LogP contribution in [0.4, 0.5) is 0 Å². The maximum Gasteiger partial charge on any atom is 0.0541 e. The molecule has 10 aromatic rings. The molecule has 0 aliphatic carbocycles. The molecular formula is C46H30N2. The van der Waals surface area contributed by atoms with Crippen molar-refractivity contribution in [3.63, 3.8) is 0 Å². The minimum atomic E-state index is 1.17. The van der Waals surface area contributed by atoms with E-state index in [1.807, 2.05) is 0 Å². The van der Waals surface area contributed by atoms with Crippen molar-refractivity contribution < 1.29 is 0 Å². The molecule has 224 valence electrons. The molecule has 0 aliphatic rings. The van der Waals surface area contributed by atoms with Crippen molar-refractivity contribution in [3.8, 4) is 33.6 Å². The average molecular weight is 611 g/mol. The third kappa shape index (κ3) is 4.06. The van der Waals surface area contributed by atoms with Crippen molar-refractivity contribution in [2.75, 3.05) is 0 Å². The Labute approximate surface area is 278 Å². The van der Waals surface area contributed by atoms with Crippen LogP contribution in [0.5, 0.6) is 0 Å². The Kier molecular flexibility index (Phi) is 5.91. The van der Waals surface area contributed by atoms with Gasteiger partial charge in [-0.3, -0.25) is 0 Å². The van der Waals surface area contributed by atoms with Crippen molar-refractivity contribution in [1.29, 1.82) is 0 Å². The van der Waals surface area contributed by atoms with Crippen molar-refractivity contribution in [1.82, 2.24) is 9.13 Å². The van der Waals surface area contributed by atoms with E-state index in [-0.39, 0.29) is 0 Å². The molecule has 2 nitrogen and oxygen atoms in total. The Morgan fingerprint density at radius 3 is 1.44 bits per heavy atom. The van der Waals surface area contributed by atoms with Gasteiger partial charge in [-0.25, -0.2) is 0 Å². The number of hydrogen-bond acceptors (Lipinski definition) is 0. The lowest BCUT2D eigenvalue weighted by Crippen LogP contribution is -1.95. The van der Waals surface area contributed by atoms with Gasteiger partial charge in [0.15, 0.2) is 0 Å². The van der Waals surface area contributed by atoms with E-state index in [4.69, 9.17) is 0 Å². The second kappa shape index (κ2) is 10.6. The van der Waals surface area contributed by atoms with E-state index in [9.17, 15) is 0 Å². The van der Waals surface area contributed by atoms with E-state index in [1.165, 1.54) is 88.0 Å². The van der Waals surface area contributed by atoms with Gasteiger partial charge < -0.3 is 9.13 Å². The molecule has 10 rings (SSSR count). The standard InChI is InChI=1S/C46H30N2/c1-3-12-31(13-4-1)33-22-25-44-40(28-33)41-30-35(23-26-45(41)47(44)36-16-5-2-6-17-36)34-24-27-46-39(29-34)38-19-9-10-20-43(38)48(46)42-21-11-15-32-14-7-8-18-37(32)42/h1-30H. The van der Waals surface area contributed by atoms with E-state index in [1.54, 1.807) is 0 Å². The topological polar surface area (TPSA) is 9.86 Å². The highest BCUT2D eigenvalue weighted by Gasteiger charge is 2.17. The molecule has 0 saturated carbocycles. The monoisotopic (exact) mass is 610 g/mol. The number of benzene rings is 8. The SMILES string of the molecule is c1ccc(-c2ccc3c(c2)c2cc(-c4ccc5c(c4)c4ccccc4n5-c4cccc5ccccc45)ccc2n3-c2ccccc2)cc1. The molecule has 0 radical (unpaired) electrons. The van der Waals surface area contributed by atoms with Crippen molar-refractivity contribution in [2.24, 2.45) is 0 Å². The highest BCUT2D eigenvalue weighted by Crippen LogP contribution is 2.40. The molecular weight excluding hydrogens is 581 g/mol. The summed E-state index contributed by atoms with van der Waals surface area (Å²) in [5.41, 5.74) is 12.1. The first-order valence-electron chi connectivity index (χ1n) is 16.5. The van der Waals surface area contributed by atoms with Gasteiger partial charge in [-0.15, -0.1) is 0 Å². The van der Waals surface area contributed by atoms with E-state index in [2.05, 4.69) is 191 Å². The highest BCUT2D eigenvalue weighted by molar-refractivity contribution is 6.14. The third-order valence-electron chi connectivity index (χ3n) is 9.90. The van der Waals surface area contributed by atoms with Crippen LogP contribution in [-0.2, 0) is 0 Å². The number of para-hydroxylation sites is 2. The van der Waals surface area contributed by atoms with E-state index in [0.717, 1.165) is 0 Å². The van der Waals surface area contributed by atoms with Gasteiger partial charge >= 0.3 is 0 Å². The van der Waals surface area contributed by atoms with Crippen LogP contribution in [0, 0.1) is 0 Å². The molecule has 2 aromatic heterocycles. The Morgan fingerprint density at radius 2 is 0.750 bits per heavy atom. The van der Waals surface area contributed by atoms with Gasteiger partial charge in [0.2, 0.25) is 0 Å². The van der Waals surface area contributed by atoms with E-state index in [0.29, 0.717) is 0 Å². The van der Waals surface area contributed by atoms with Crippen LogP contribution < -0.4 is 0 Å². The molecule has 0 aliphatic heterocycles. The molecule has 0 spiro atoms. The second-order valence-electron chi connectivity index (χ2n) is 12.6. The van der Waals surface area contributed by atoms with Crippen LogP contribution >= 0.6 is 0 Å². The summed E-state index contributed by atoms with van der Waals surface area (Å²) in [6.45, 7) is 0. The number of nitrogens with zero attached hydrogens (tertiary/aromatic N) is 2. The molecule has 0 saturated heterocycles. The number of hydrogen-bond donors (Lipinski definition) is 0. The Bertz CT molecular complexity index is 2810. The van der Waals surface area contributed by atoms with Gasteiger partial charge in [-0.2, -0.15) is 0 Å². The molecule has 2 heteroatoms. The Balaban J connectivity index is 1.20. The highest BCUT2D eigenvalue weighted by atomic mass is 15.0. The summed E-state index contributed by atoms with van der Waals surface area (Å²) in [6.07, 6.45) is 0. The fraction of sp³-hybridized carbons (Fsp3) is 0. The summed E-state index contributed by atoms with van der Waals surface area (Å²) in [5.74, 6) is 0. The first-order chi connectivity index (χ1) is 23.8. The molecule has 0 amide bonds. The predicted octanol–water partition coefficient (Wildman–Crippen LogP) is 12.4. The summed E-state index contributed by atoms with van der Waals surface area (Å²) >= 11 is 0. The van der Waals surface area contributed by atoms with E-state index >= 15 is 0 Å². The maximum atomic E-state index is 2.43. The summed E-state index contributed by atoms with van der Waals surface area (Å²) in [7, 11) is 0. The zero-order valence-corrected chi connectivity index (χ0v) is 26.2. The lowest BCUT2D eigenvalue weighted by molar-refractivity contribution is 1.18. The molecule has 0 unspecified atom stereocenters. The van der Waals surface area contributed by atoms with Gasteiger partial charge in [-0.05, 0) is 88.3 Å². The first kappa shape index (κ1) is 26.8. The Morgan fingerprint density at radius 1 is 0.271 bits per heavy atom. The molecule has 0 fully saturated rings. The third-order valence-corrected chi connectivity index (χ3v) is 9.90. The smallest absolute Gasteiger partial charge is 0.0541 e. The number of aromatic nitrogens is 2. The van der Waals surface area contributed by atoms with Gasteiger partial charge in [0, 0.05) is 32.6 Å². The van der Waals surface area contributed by atoms with Crippen LogP contribution in [0.1, 0.15) is 0 Å². The fourth-order valence-corrected chi connectivity index (χ4v) is 7.68. The van der Waals surface area contributed by atoms with Gasteiger partial charge in [0.1, 0.15) is 0 Å². The molecule has 0 N–H and O–H groups in total. The molecule has 2 heterocycles. The molecule has 0 bridgehead atoms. The first-order valence-corrected chi connectivity index (χ1v) is 16.5. The number of rotatable bonds is 4. The lowest BCUT2D eigenvalue weighted by Gasteiger charge is -2.12. The van der Waals surface area contributed by atoms with Crippen molar-refractivity contribution in [2.45, 2.75) is 0 Å². The minimum Gasteiger partial charge on any atom is -0.309 e. The summed E-state index contributed by atoms with van der Waals surface area (Å²) in [4.78, 5) is 0. The Hall–Kier alpha value is -6.38. The van der Waals surface area contributed by atoms with E-state index < -0.39 is 0 Å². The zero-order chi connectivity index (χ0) is 31.6. The molecule has 8 aromatic carbocycles. The van der Waals surface area contributed by atoms with Crippen molar-refractivity contribution >= 4 is 54.4 Å².